The van der Waals surface area contributed by atoms with E-state index >= 15 is 0 Å². The van der Waals surface area contributed by atoms with Crippen LogP contribution in [0.5, 0.6) is 0 Å². The Kier molecular flexibility index (Phi) is 6.46. The average Bonchev–Trinajstić information content (AvgIpc) is 3.31. The lowest BCUT2D eigenvalue weighted by Gasteiger charge is -2.19. The van der Waals surface area contributed by atoms with Crippen LogP contribution in [0.15, 0.2) is 42.9 Å². The highest BCUT2D eigenvalue weighted by Crippen LogP contribution is 2.31. The lowest BCUT2D eigenvalue weighted by Crippen LogP contribution is -2.40. The number of aryl methyl sites for hydroxylation is 1. The summed E-state index contributed by atoms with van der Waals surface area (Å²) in [7, 11) is 3.61. The number of nitrogens with two attached hydrogens (primary N) is 1. The number of hydrogen-bond acceptors (Lipinski definition) is 5. The Bertz CT molecular complexity index is 973. The molecule has 0 saturated heterocycles. The Balaban J connectivity index is 1.65. The van der Waals surface area contributed by atoms with Crippen molar-refractivity contribution in [3.63, 3.8) is 0 Å². The summed E-state index contributed by atoms with van der Waals surface area (Å²) in [6, 6.07) is 7.16. The number of imidazole rings is 1. The minimum atomic E-state index is -0.534. The summed E-state index contributed by atoms with van der Waals surface area (Å²) in [6.45, 7) is 0. The first kappa shape index (κ1) is 20.5. The molecule has 28 heavy (non-hydrogen) atoms. The number of aromatic nitrogens is 2. The number of hydrogen-bond donors (Lipinski definition) is 3. The van der Waals surface area contributed by atoms with E-state index in [2.05, 4.69) is 15.6 Å². The molecule has 3 aromatic rings. The monoisotopic (exact) mass is 421 g/mol. The van der Waals surface area contributed by atoms with Gasteiger partial charge < -0.3 is 20.9 Å². The fraction of sp³-hybridized carbons (Fsp3) is 0.263. The van der Waals surface area contributed by atoms with Crippen molar-refractivity contribution < 1.29 is 9.18 Å². The van der Waals surface area contributed by atoms with Crippen LogP contribution in [0.1, 0.15) is 17.3 Å². The molecule has 0 bridgehead atoms. The normalized spacial score (nSPS) is 13.3. The number of nitrogens with one attached hydrogen (secondary N) is 2. The van der Waals surface area contributed by atoms with Gasteiger partial charge in [-0.1, -0.05) is 11.6 Å². The van der Waals surface area contributed by atoms with Gasteiger partial charge in [-0.25, -0.2) is 9.37 Å². The third-order valence-electron chi connectivity index (χ3n) is 4.29. The molecular weight excluding hydrogens is 401 g/mol. The van der Waals surface area contributed by atoms with Gasteiger partial charge in [-0.15, -0.1) is 11.3 Å². The molecule has 6 nitrogen and oxygen atoms in total. The van der Waals surface area contributed by atoms with Crippen molar-refractivity contribution in [2.45, 2.75) is 18.5 Å². The van der Waals surface area contributed by atoms with Gasteiger partial charge in [0.1, 0.15) is 5.82 Å². The van der Waals surface area contributed by atoms with Crippen LogP contribution in [-0.2, 0) is 11.8 Å². The second kappa shape index (κ2) is 8.83. The highest BCUT2D eigenvalue weighted by atomic mass is 35.5. The zero-order chi connectivity index (χ0) is 20.3. The van der Waals surface area contributed by atoms with Crippen LogP contribution in [0.25, 0.3) is 10.6 Å². The van der Waals surface area contributed by atoms with Crippen molar-refractivity contribution in [2.24, 2.45) is 12.8 Å². The van der Waals surface area contributed by atoms with Crippen LogP contribution in [0.2, 0.25) is 5.02 Å². The number of amides is 1. The zero-order valence-electron chi connectivity index (χ0n) is 15.4. The second-order valence-electron chi connectivity index (χ2n) is 6.43. The van der Waals surface area contributed by atoms with Gasteiger partial charge in [0, 0.05) is 29.9 Å². The first-order chi connectivity index (χ1) is 13.4. The van der Waals surface area contributed by atoms with Gasteiger partial charge in [0.05, 0.1) is 28.0 Å². The first-order valence-corrected chi connectivity index (χ1v) is 9.83. The minimum Gasteiger partial charge on any atom is -0.340 e. The molecule has 2 heterocycles. The number of nitrogens with zero attached hydrogens (tertiary/aromatic N) is 2. The molecule has 3 rings (SSSR count). The predicted molar refractivity (Wildman–Crippen MR) is 111 cm³/mol. The van der Waals surface area contributed by atoms with E-state index in [9.17, 15) is 9.18 Å². The number of rotatable bonds is 7. The zero-order valence-corrected chi connectivity index (χ0v) is 17.0. The van der Waals surface area contributed by atoms with Crippen molar-refractivity contribution in [3.05, 3.63) is 58.6 Å². The van der Waals surface area contributed by atoms with E-state index in [0.717, 1.165) is 15.4 Å². The Hall–Kier alpha value is -2.26. The molecule has 0 fully saturated rings. The van der Waals surface area contributed by atoms with Crippen LogP contribution in [0.3, 0.4) is 0 Å². The predicted octanol–water partition coefficient (Wildman–Crippen LogP) is 3.56. The smallest absolute Gasteiger partial charge is 0.241 e. The third kappa shape index (κ3) is 4.77. The number of benzene rings is 1. The van der Waals surface area contributed by atoms with Gasteiger partial charge in [-0.2, -0.15) is 0 Å². The van der Waals surface area contributed by atoms with E-state index in [-0.39, 0.29) is 17.0 Å². The largest absolute Gasteiger partial charge is 0.340 e. The number of anilines is 1. The number of likely N-dealkylation sites (N-methyl/N-ethyl adjacent to an activating group) is 1. The van der Waals surface area contributed by atoms with Crippen LogP contribution in [-0.4, -0.2) is 28.5 Å². The fourth-order valence-electron chi connectivity index (χ4n) is 2.76. The number of halogens is 2. The van der Waals surface area contributed by atoms with Crippen molar-refractivity contribution in [1.82, 2.24) is 14.9 Å². The Morgan fingerprint density at radius 2 is 2.18 bits per heavy atom. The fourth-order valence-corrected chi connectivity index (χ4v) is 3.92. The first-order valence-electron chi connectivity index (χ1n) is 8.64. The molecule has 1 amide bonds. The van der Waals surface area contributed by atoms with E-state index in [1.165, 1.54) is 18.2 Å². The minimum absolute atomic E-state index is 0.0452. The summed E-state index contributed by atoms with van der Waals surface area (Å²) in [4.78, 5) is 18.9. The molecule has 9 heteroatoms. The third-order valence-corrected chi connectivity index (χ3v) is 5.82. The molecular formula is C19H21ClFN5OS. The van der Waals surface area contributed by atoms with E-state index in [1.807, 2.05) is 29.9 Å². The second-order valence-corrected chi connectivity index (χ2v) is 7.95. The van der Waals surface area contributed by atoms with Crippen LogP contribution in [0.4, 0.5) is 10.1 Å². The molecule has 0 aliphatic heterocycles. The molecule has 0 radical (unpaired) electrons. The van der Waals surface area contributed by atoms with E-state index in [1.54, 1.807) is 24.7 Å². The van der Waals surface area contributed by atoms with Crippen molar-refractivity contribution in [3.8, 4) is 10.6 Å². The maximum atomic E-state index is 13.3. The van der Waals surface area contributed by atoms with Crippen molar-refractivity contribution >= 4 is 34.5 Å². The molecule has 0 saturated carbocycles. The van der Waals surface area contributed by atoms with E-state index < -0.39 is 11.9 Å². The topological polar surface area (TPSA) is 85.0 Å². The van der Waals surface area contributed by atoms with Crippen LogP contribution < -0.4 is 16.4 Å². The Morgan fingerprint density at radius 3 is 2.82 bits per heavy atom. The molecule has 0 aliphatic rings. The van der Waals surface area contributed by atoms with Gasteiger partial charge in [0.25, 0.3) is 0 Å². The molecule has 148 valence electrons. The van der Waals surface area contributed by atoms with E-state index in [0.29, 0.717) is 12.1 Å². The summed E-state index contributed by atoms with van der Waals surface area (Å²) in [5.41, 5.74) is 7.66. The number of thiophene rings is 1. The average molecular weight is 422 g/mol. The lowest BCUT2D eigenvalue weighted by atomic mass is 10.1. The summed E-state index contributed by atoms with van der Waals surface area (Å²) >= 11 is 7.32. The lowest BCUT2D eigenvalue weighted by molar-refractivity contribution is -0.118. The summed E-state index contributed by atoms with van der Waals surface area (Å²) < 4.78 is 15.2. The maximum absolute atomic E-state index is 13.3. The van der Waals surface area contributed by atoms with Gasteiger partial charge in [-0.3, -0.25) is 4.79 Å². The van der Waals surface area contributed by atoms with Gasteiger partial charge in [0.15, 0.2) is 0 Å². The highest BCUT2D eigenvalue weighted by molar-refractivity contribution is 7.15. The number of carbonyl (C=O) groups is 1. The SMILES string of the molecule is CN[C@@H](C[C@@H](N)c1ccc(-c2cn(C)cn2)s1)C(=O)Nc1ccc(F)c(Cl)c1. The maximum Gasteiger partial charge on any atom is 0.241 e. The summed E-state index contributed by atoms with van der Waals surface area (Å²) in [5.74, 6) is -0.796. The quantitative estimate of drug-likeness (QED) is 0.544. The van der Waals surface area contributed by atoms with E-state index in [4.69, 9.17) is 17.3 Å². The summed E-state index contributed by atoms with van der Waals surface area (Å²) in [6.07, 6.45) is 4.09. The van der Waals surface area contributed by atoms with Gasteiger partial charge in [0.2, 0.25) is 5.91 Å². The molecule has 0 spiro atoms. The summed E-state index contributed by atoms with van der Waals surface area (Å²) in [5, 5.41) is 5.67. The molecule has 2 atom stereocenters. The molecule has 0 aliphatic carbocycles. The molecule has 1 aromatic carbocycles. The standard InChI is InChI=1S/C19H21ClFN5OS/c1-23-15(19(27)25-11-3-4-13(21)12(20)7-11)8-14(22)17-5-6-18(28-17)16-9-26(2)10-24-16/h3-7,9-10,14-15,23H,8,22H2,1-2H3,(H,25,27)/t14-,15+/m1/s1. The van der Waals surface area contributed by atoms with Crippen molar-refractivity contribution in [2.75, 3.05) is 12.4 Å². The Morgan fingerprint density at radius 1 is 1.39 bits per heavy atom. The van der Waals surface area contributed by atoms with Gasteiger partial charge >= 0.3 is 0 Å². The van der Waals surface area contributed by atoms with Crippen molar-refractivity contribution in [1.29, 1.82) is 0 Å². The molecule has 0 unspecified atom stereocenters. The Labute approximate surface area is 171 Å². The molecule has 4 N–H and O–H groups in total. The number of carbonyl (C=O) groups excluding carboxylic acids is 1. The highest BCUT2D eigenvalue weighted by Gasteiger charge is 2.22. The molecule has 2 aromatic heterocycles. The van der Waals surface area contributed by atoms with Crippen LogP contribution >= 0.6 is 22.9 Å². The van der Waals surface area contributed by atoms with Crippen LogP contribution in [0, 0.1) is 5.82 Å². The van der Waals surface area contributed by atoms with Gasteiger partial charge in [-0.05, 0) is 43.8 Å².